The molecule has 8 nitrogen and oxygen atoms in total. The summed E-state index contributed by atoms with van der Waals surface area (Å²) in [6, 6.07) is 9.87. The molecule has 4 rings (SSSR count). The van der Waals surface area contributed by atoms with Crippen LogP contribution >= 0.6 is 0 Å². The fourth-order valence-electron chi connectivity index (χ4n) is 4.27. The Morgan fingerprint density at radius 2 is 1.69 bits per heavy atom. The Labute approximate surface area is 186 Å². The van der Waals surface area contributed by atoms with Crippen LogP contribution in [0.3, 0.4) is 0 Å². The van der Waals surface area contributed by atoms with E-state index in [4.69, 9.17) is 18.9 Å². The number of ketones is 1. The summed E-state index contributed by atoms with van der Waals surface area (Å²) < 4.78 is 22.2. The molecule has 0 atom stereocenters. The highest BCUT2D eigenvalue weighted by Gasteiger charge is 2.45. The van der Waals surface area contributed by atoms with Crippen LogP contribution in [0, 0.1) is 0 Å². The molecule has 8 heteroatoms. The average Bonchev–Trinajstić information content (AvgIpc) is 2.78. The molecule has 2 aliphatic rings. The second-order valence-corrected chi connectivity index (χ2v) is 7.97. The predicted octanol–water partition coefficient (Wildman–Crippen LogP) is 3.27. The number of rotatable bonds is 4. The Kier molecular flexibility index (Phi) is 5.78. The van der Waals surface area contributed by atoms with Gasteiger partial charge in [0.1, 0.15) is 11.4 Å². The second-order valence-electron chi connectivity index (χ2n) is 7.97. The molecule has 1 fully saturated rings. The molecule has 0 saturated carbocycles. The van der Waals surface area contributed by atoms with Gasteiger partial charge in [-0.1, -0.05) is 0 Å². The van der Waals surface area contributed by atoms with E-state index in [-0.39, 0.29) is 18.1 Å². The van der Waals surface area contributed by atoms with E-state index in [0.29, 0.717) is 60.1 Å². The third-order valence-electron chi connectivity index (χ3n) is 5.93. The van der Waals surface area contributed by atoms with Crippen molar-refractivity contribution in [3.63, 3.8) is 0 Å². The van der Waals surface area contributed by atoms with Crippen molar-refractivity contribution in [1.82, 2.24) is 4.90 Å². The Hall–Kier alpha value is -3.55. The van der Waals surface area contributed by atoms with Gasteiger partial charge < -0.3 is 23.8 Å². The van der Waals surface area contributed by atoms with Crippen LogP contribution in [0.2, 0.25) is 0 Å². The number of methoxy groups -OCH3 is 2. The van der Waals surface area contributed by atoms with Crippen molar-refractivity contribution < 1.29 is 33.3 Å². The monoisotopic (exact) mass is 439 g/mol. The minimum atomic E-state index is -0.681. The van der Waals surface area contributed by atoms with Gasteiger partial charge in [0.2, 0.25) is 5.75 Å². The maximum Gasteiger partial charge on any atom is 0.308 e. The first-order valence-electron chi connectivity index (χ1n) is 10.4. The van der Waals surface area contributed by atoms with E-state index in [1.165, 1.54) is 21.1 Å². The van der Waals surface area contributed by atoms with Crippen molar-refractivity contribution in [2.45, 2.75) is 31.8 Å². The summed E-state index contributed by atoms with van der Waals surface area (Å²) in [5.74, 6) is 1.17. The molecule has 0 N–H and O–H groups in total. The van der Waals surface area contributed by atoms with Crippen LogP contribution in [0.1, 0.15) is 46.9 Å². The quantitative estimate of drug-likeness (QED) is 0.533. The molecule has 0 unspecified atom stereocenters. The summed E-state index contributed by atoms with van der Waals surface area (Å²) in [7, 11) is 3.05. The van der Waals surface area contributed by atoms with Crippen LogP contribution in [0.15, 0.2) is 36.4 Å². The molecule has 0 radical (unpaired) electrons. The van der Waals surface area contributed by atoms with Gasteiger partial charge >= 0.3 is 5.97 Å². The van der Waals surface area contributed by atoms with Crippen molar-refractivity contribution >= 4 is 17.7 Å². The van der Waals surface area contributed by atoms with Crippen LogP contribution in [-0.4, -0.2) is 55.5 Å². The molecule has 0 aliphatic carbocycles. The van der Waals surface area contributed by atoms with Gasteiger partial charge in [-0.15, -0.1) is 0 Å². The highest BCUT2D eigenvalue weighted by molar-refractivity contribution is 6.01. The van der Waals surface area contributed by atoms with Gasteiger partial charge in [0.25, 0.3) is 5.91 Å². The van der Waals surface area contributed by atoms with Crippen molar-refractivity contribution in [1.29, 1.82) is 0 Å². The van der Waals surface area contributed by atoms with Gasteiger partial charge in [-0.05, 0) is 36.4 Å². The molecule has 2 aromatic carbocycles. The maximum absolute atomic E-state index is 12.9. The lowest BCUT2D eigenvalue weighted by molar-refractivity contribution is -0.131. The van der Waals surface area contributed by atoms with E-state index >= 15 is 0 Å². The Bertz CT molecular complexity index is 1050. The summed E-state index contributed by atoms with van der Waals surface area (Å²) in [5.41, 5.74) is 0.313. The Morgan fingerprint density at radius 1 is 1.00 bits per heavy atom. The Balaban J connectivity index is 1.48. The van der Waals surface area contributed by atoms with E-state index in [0.717, 1.165) is 0 Å². The summed E-state index contributed by atoms with van der Waals surface area (Å²) in [4.78, 5) is 38.6. The van der Waals surface area contributed by atoms with Crippen LogP contribution < -0.4 is 18.9 Å². The third-order valence-corrected chi connectivity index (χ3v) is 5.93. The number of ether oxygens (including phenoxy) is 4. The standard InChI is InChI=1S/C24H25NO7/c1-15(26)31-17-6-4-16(5-7-17)23(28)25-12-10-24(11-13-25)14-19(27)18-8-9-20(29-2)22(30-3)21(18)32-24/h4-9H,10-14H2,1-3H3. The number of nitrogens with zero attached hydrogens (tertiary/aromatic N) is 1. The first kappa shape index (κ1) is 21.7. The van der Waals surface area contributed by atoms with E-state index in [9.17, 15) is 14.4 Å². The van der Waals surface area contributed by atoms with E-state index < -0.39 is 11.6 Å². The normalized spacial score (nSPS) is 16.7. The molecular weight excluding hydrogens is 414 g/mol. The topological polar surface area (TPSA) is 91.4 Å². The van der Waals surface area contributed by atoms with Crippen molar-refractivity contribution in [3.8, 4) is 23.0 Å². The van der Waals surface area contributed by atoms with Crippen LogP contribution in [0.5, 0.6) is 23.0 Å². The SMILES string of the molecule is COc1ccc2c(c1OC)OC1(CCN(C(=O)c3ccc(OC(C)=O)cc3)CC1)CC2=O. The van der Waals surface area contributed by atoms with Gasteiger partial charge in [0, 0.05) is 38.4 Å². The average molecular weight is 439 g/mol. The first-order chi connectivity index (χ1) is 15.4. The van der Waals surface area contributed by atoms with Crippen molar-refractivity contribution in [3.05, 3.63) is 47.5 Å². The molecule has 2 aliphatic heterocycles. The molecule has 32 heavy (non-hydrogen) atoms. The zero-order chi connectivity index (χ0) is 22.9. The number of esters is 1. The fraction of sp³-hybridized carbons (Fsp3) is 0.375. The first-order valence-corrected chi connectivity index (χ1v) is 10.4. The zero-order valence-corrected chi connectivity index (χ0v) is 18.3. The summed E-state index contributed by atoms with van der Waals surface area (Å²) in [6.07, 6.45) is 1.31. The van der Waals surface area contributed by atoms with Gasteiger partial charge in [0.05, 0.1) is 26.2 Å². The molecule has 2 aromatic rings. The minimum absolute atomic E-state index is 0.00644. The fourth-order valence-corrected chi connectivity index (χ4v) is 4.27. The molecule has 0 bridgehead atoms. The number of Topliss-reactive ketones (excluding diaryl/α,β-unsaturated/α-hetero) is 1. The largest absolute Gasteiger partial charge is 0.493 e. The van der Waals surface area contributed by atoms with Crippen LogP contribution in [0.4, 0.5) is 0 Å². The van der Waals surface area contributed by atoms with Crippen molar-refractivity contribution in [2.75, 3.05) is 27.3 Å². The Morgan fingerprint density at radius 3 is 2.28 bits per heavy atom. The van der Waals surface area contributed by atoms with Gasteiger partial charge in [-0.2, -0.15) is 0 Å². The molecular formula is C24H25NO7. The summed E-state index contributed by atoms with van der Waals surface area (Å²) in [5, 5.41) is 0. The molecule has 0 aromatic heterocycles. The summed E-state index contributed by atoms with van der Waals surface area (Å²) in [6.45, 7) is 2.24. The molecule has 2 heterocycles. The number of fused-ring (bicyclic) bond motifs is 1. The third kappa shape index (κ3) is 4.00. The zero-order valence-electron chi connectivity index (χ0n) is 18.3. The van der Waals surface area contributed by atoms with Gasteiger partial charge in [-0.25, -0.2) is 0 Å². The molecule has 1 amide bonds. The lowest BCUT2D eigenvalue weighted by Gasteiger charge is -2.44. The van der Waals surface area contributed by atoms with E-state index in [1.807, 2.05) is 0 Å². The van der Waals surface area contributed by atoms with Gasteiger partial charge in [0.15, 0.2) is 17.3 Å². The van der Waals surface area contributed by atoms with Crippen LogP contribution in [0.25, 0.3) is 0 Å². The predicted molar refractivity (Wildman–Crippen MR) is 115 cm³/mol. The number of amides is 1. The number of carbonyl (C=O) groups is 3. The maximum atomic E-state index is 12.9. The highest BCUT2D eigenvalue weighted by Crippen LogP contribution is 2.47. The minimum Gasteiger partial charge on any atom is -0.493 e. The molecule has 1 saturated heterocycles. The molecule has 168 valence electrons. The second kappa shape index (κ2) is 8.53. The summed E-state index contributed by atoms with van der Waals surface area (Å²) >= 11 is 0. The smallest absolute Gasteiger partial charge is 0.308 e. The van der Waals surface area contributed by atoms with E-state index in [1.54, 1.807) is 41.3 Å². The number of likely N-dealkylation sites (tertiary alicyclic amines) is 1. The number of hydrogen-bond acceptors (Lipinski definition) is 7. The number of benzene rings is 2. The van der Waals surface area contributed by atoms with Gasteiger partial charge in [-0.3, -0.25) is 14.4 Å². The highest BCUT2D eigenvalue weighted by atomic mass is 16.5. The number of carbonyl (C=O) groups excluding carboxylic acids is 3. The number of hydrogen-bond donors (Lipinski definition) is 0. The molecule has 1 spiro atoms. The number of piperidine rings is 1. The lowest BCUT2D eigenvalue weighted by Crippen LogP contribution is -2.52. The van der Waals surface area contributed by atoms with Crippen LogP contribution in [-0.2, 0) is 4.79 Å². The van der Waals surface area contributed by atoms with Crippen molar-refractivity contribution in [2.24, 2.45) is 0 Å². The lowest BCUT2D eigenvalue weighted by atomic mass is 9.82. The van der Waals surface area contributed by atoms with E-state index in [2.05, 4.69) is 0 Å².